The number of thioether (sulfide) groups is 1. The topological polar surface area (TPSA) is 179 Å². The third-order valence-electron chi connectivity index (χ3n) is 7.13. The fraction of sp³-hybridized carbons (Fsp3) is 0.545. The number of carbonyl (C=O) groups excluding carboxylic acids is 6. The molecule has 16 heteroatoms. The zero-order valence-electron chi connectivity index (χ0n) is 28.4. The van der Waals surface area contributed by atoms with Gasteiger partial charge in [-0.15, -0.1) is 11.3 Å². The Kier molecular flexibility index (Phi) is 19.0. The van der Waals surface area contributed by atoms with Crippen molar-refractivity contribution < 1.29 is 43.0 Å². The number of methoxy groups -OCH3 is 2. The second-order valence-electron chi connectivity index (χ2n) is 11.3. The number of thiazole rings is 1. The number of carbonyl (C=O) groups is 6. The van der Waals surface area contributed by atoms with E-state index >= 15 is 0 Å². The molecule has 4 atom stereocenters. The molecule has 0 aliphatic carbocycles. The van der Waals surface area contributed by atoms with Crippen LogP contribution in [0.1, 0.15) is 59.8 Å². The third kappa shape index (κ3) is 14.8. The van der Waals surface area contributed by atoms with Crippen LogP contribution in [0.25, 0.3) is 0 Å². The van der Waals surface area contributed by atoms with Gasteiger partial charge in [0.25, 0.3) is 5.91 Å². The lowest BCUT2D eigenvalue weighted by Gasteiger charge is -2.31. The molecule has 1 unspecified atom stereocenters. The summed E-state index contributed by atoms with van der Waals surface area (Å²) < 4.78 is 16.2. The van der Waals surface area contributed by atoms with Crippen molar-refractivity contribution in [1.29, 1.82) is 0 Å². The van der Waals surface area contributed by atoms with Crippen molar-refractivity contribution in [2.45, 2.75) is 76.6 Å². The SMILES string of the molecule is COC[C@H](NC(=O)c1cnc(C)s1)C(=O)N[C@@H](COC)C(=O)N[C@@H](Cc1ccccc1)C(=O)C(C)(CI)OC(=O)CCCCCSC(C)=O. The van der Waals surface area contributed by atoms with Crippen LogP contribution in [0.3, 0.4) is 0 Å². The number of ketones is 1. The van der Waals surface area contributed by atoms with Gasteiger partial charge < -0.3 is 30.2 Å². The summed E-state index contributed by atoms with van der Waals surface area (Å²) in [7, 11) is 2.73. The van der Waals surface area contributed by atoms with Gasteiger partial charge in [-0.1, -0.05) is 71.1 Å². The maximum absolute atomic E-state index is 14.1. The number of unbranched alkanes of at least 4 members (excludes halogenated alkanes) is 2. The molecule has 2 aromatic rings. The molecule has 13 nitrogen and oxygen atoms in total. The molecule has 2 rings (SSSR count). The second kappa shape index (κ2) is 22.0. The summed E-state index contributed by atoms with van der Waals surface area (Å²) >= 11 is 4.38. The van der Waals surface area contributed by atoms with E-state index in [1.807, 2.05) is 28.7 Å². The summed E-state index contributed by atoms with van der Waals surface area (Å²) in [5, 5.41) is 8.68. The van der Waals surface area contributed by atoms with Crippen LogP contribution >= 0.6 is 45.7 Å². The summed E-state index contributed by atoms with van der Waals surface area (Å²) in [5.41, 5.74) is -0.808. The third-order valence-corrected chi connectivity index (χ3v) is 10.4. The number of benzene rings is 1. The molecule has 270 valence electrons. The highest BCUT2D eigenvalue weighted by Gasteiger charge is 2.42. The van der Waals surface area contributed by atoms with Crippen LogP contribution < -0.4 is 16.0 Å². The standard InChI is InChI=1S/C33H45IN4O9S2/c1-21-35-17-27(49-21)32(44)38-26(19-46-5)31(43)37-25(18-45-4)30(42)36-24(16-23-12-8-6-9-13-23)29(41)33(3,20-34)47-28(40)14-10-7-11-15-48-22(2)39/h6,8-9,12-13,17,24-26H,7,10-11,14-16,18-20H2,1-5H3,(H,36,42)(H,37,43)(H,38,44)/t24-,25-,26-,33?/m0/s1. The number of aromatic nitrogens is 1. The highest BCUT2D eigenvalue weighted by molar-refractivity contribution is 14.1. The van der Waals surface area contributed by atoms with Crippen molar-refractivity contribution in [1.82, 2.24) is 20.9 Å². The van der Waals surface area contributed by atoms with Gasteiger partial charge >= 0.3 is 5.97 Å². The number of hydrogen-bond donors (Lipinski definition) is 3. The van der Waals surface area contributed by atoms with E-state index in [1.54, 1.807) is 31.2 Å². The van der Waals surface area contributed by atoms with E-state index in [0.717, 1.165) is 29.7 Å². The molecule has 0 aliphatic rings. The van der Waals surface area contributed by atoms with Crippen LogP contribution in [-0.2, 0) is 44.6 Å². The number of nitrogens with one attached hydrogen (secondary N) is 3. The lowest BCUT2D eigenvalue weighted by molar-refractivity contribution is -0.164. The molecule has 0 radical (unpaired) electrons. The molecule has 1 aromatic carbocycles. The maximum atomic E-state index is 14.1. The Morgan fingerprint density at radius 3 is 2.08 bits per heavy atom. The van der Waals surface area contributed by atoms with Crippen LogP contribution in [-0.4, -0.2) is 101 Å². The molecule has 0 saturated heterocycles. The van der Waals surface area contributed by atoms with E-state index < -0.39 is 53.2 Å². The van der Waals surface area contributed by atoms with Crippen LogP contribution in [0.2, 0.25) is 0 Å². The zero-order valence-corrected chi connectivity index (χ0v) is 32.2. The molecule has 3 amide bonds. The normalized spacial score (nSPS) is 14.1. The minimum absolute atomic E-state index is 0.0467. The van der Waals surface area contributed by atoms with Gasteiger partial charge in [-0.2, -0.15) is 0 Å². The average Bonchev–Trinajstić information content (AvgIpc) is 3.51. The first-order valence-corrected chi connectivity index (χ1v) is 19.0. The molecule has 0 bridgehead atoms. The van der Waals surface area contributed by atoms with Crippen molar-refractivity contribution in [3.8, 4) is 0 Å². The van der Waals surface area contributed by atoms with Gasteiger partial charge in [0, 0.05) is 37.7 Å². The van der Waals surface area contributed by atoms with Gasteiger partial charge in [0.15, 0.2) is 16.5 Å². The Balaban J connectivity index is 2.19. The predicted octanol–water partition coefficient (Wildman–Crippen LogP) is 3.20. The Morgan fingerprint density at radius 1 is 0.918 bits per heavy atom. The van der Waals surface area contributed by atoms with Crippen molar-refractivity contribution in [3.63, 3.8) is 0 Å². The molecule has 0 fully saturated rings. The molecule has 0 aliphatic heterocycles. The first-order valence-electron chi connectivity index (χ1n) is 15.6. The van der Waals surface area contributed by atoms with E-state index in [9.17, 15) is 28.8 Å². The number of Topliss-reactive ketones (excluding diaryl/α,β-unsaturated/α-hetero) is 1. The number of rotatable bonds is 22. The summed E-state index contributed by atoms with van der Waals surface area (Å²) in [5.74, 6) is -2.32. The van der Waals surface area contributed by atoms with E-state index in [4.69, 9.17) is 14.2 Å². The number of esters is 1. The number of nitrogens with zero attached hydrogens (tertiary/aromatic N) is 1. The zero-order chi connectivity index (χ0) is 36.4. The van der Waals surface area contributed by atoms with Gasteiger partial charge in [0.2, 0.25) is 11.8 Å². The van der Waals surface area contributed by atoms with Gasteiger partial charge in [-0.25, -0.2) is 4.98 Å². The van der Waals surface area contributed by atoms with E-state index in [-0.39, 0.29) is 35.6 Å². The van der Waals surface area contributed by atoms with Crippen molar-refractivity contribution in [2.24, 2.45) is 0 Å². The van der Waals surface area contributed by atoms with Crippen LogP contribution in [0.5, 0.6) is 0 Å². The molecule has 1 heterocycles. The first kappa shape index (κ1) is 42.2. The minimum Gasteiger partial charge on any atom is -0.450 e. The lowest BCUT2D eigenvalue weighted by atomic mass is 9.91. The number of alkyl halides is 1. The average molecular weight is 833 g/mol. The lowest BCUT2D eigenvalue weighted by Crippen LogP contribution is -2.60. The molecule has 1 aromatic heterocycles. The van der Waals surface area contributed by atoms with Gasteiger partial charge in [-0.05, 0) is 38.7 Å². The monoisotopic (exact) mass is 832 g/mol. The van der Waals surface area contributed by atoms with Gasteiger partial charge in [0.1, 0.15) is 17.0 Å². The van der Waals surface area contributed by atoms with Crippen LogP contribution in [0, 0.1) is 6.92 Å². The maximum Gasteiger partial charge on any atom is 0.306 e. The molecular formula is C33H45IN4O9S2. The predicted molar refractivity (Wildman–Crippen MR) is 196 cm³/mol. The fourth-order valence-electron chi connectivity index (χ4n) is 4.58. The highest BCUT2D eigenvalue weighted by Crippen LogP contribution is 2.22. The van der Waals surface area contributed by atoms with E-state index in [0.29, 0.717) is 22.1 Å². The smallest absolute Gasteiger partial charge is 0.306 e. The molecule has 0 spiro atoms. The minimum atomic E-state index is -1.56. The Hall–Kier alpha value is -2.93. The number of halogens is 1. The van der Waals surface area contributed by atoms with Gasteiger partial charge in [0.05, 0.1) is 30.5 Å². The second-order valence-corrected chi connectivity index (χ2v) is 14.6. The van der Waals surface area contributed by atoms with E-state index in [2.05, 4.69) is 20.9 Å². The van der Waals surface area contributed by atoms with Gasteiger partial charge in [-0.3, -0.25) is 28.8 Å². The summed E-state index contributed by atoms with van der Waals surface area (Å²) in [6.07, 6.45) is 3.63. The highest BCUT2D eigenvalue weighted by atomic mass is 127. The number of ether oxygens (including phenoxy) is 3. The van der Waals surface area contributed by atoms with Crippen molar-refractivity contribution in [2.75, 3.05) is 37.6 Å². The number of hydrogen-bond acceptors (Lipinski definition) is 12. The first-order chi connectivity index (χ1) is 23.3. The van der Waals surface area contributed by atoms with Crippen LogP contribution in [0.4, 0.5) is 0 Å². The fourth-order valence-corrected chi connectivity index (χ4v) is 6.43. The Labute approximate surface area is 308 Å². The molecule has 3 N–H and O–H groups in total. The number of aryl methyl sites for hydroxylation is 1. The molecular weight excluding hydrogens is 787 g/mol. The van der Waals surface area contributed by atoms with Crippen LogP contribution in [0.15, 0.2) is 36.5 Å². The number of amides is 3. The molecule has 49 heavy (non-hydrogen) atoms. The Morgan fingerprint density at radius 2 is 1.53 bits per heavy atom. The van der Waals surface area contributed by atoms with E-state index in [1.165, 1.54) is 46.0 Å². The van der Waals surface area contributed by atoms with Crippen molar-refractivity contribution >= 4 is 80.3 Å². The molecule has 0 saturated carbocycles. The summed E-state index contributed by atoms with van der Waals surface area (Å²) in [4.78, 5) is 82.1. The summed E-state index contributed by atoms with van der Waals surface area (Å²) in [6.45, 7) is 4.36. The quantitative estimate of drug-likeness (QED) is 0.0687. The summed E-state index contributed by atoms with van der Waals surface area (Å²) in [6, 6.07) is 5.51. The largest absolute Gasteiger partial charge is 0.450 e. The van der Waals surface area contributed by atoms with Crippen molar-refractivity contribution in [3.05, 3.63) is 52.0 Å². The Bertz CT molecular complexity index is 1410.